The second kappa shape index (κ2) is 9.68. The fraction of sp³-hybridized carbons (Fsp3) is 0.381. The summed E-state index contributed by atoms with van der Waals surface area (Å²) in [4.78, 5) is 12.2. The molecular formula is C21H27FN2O3S. The van der Waals surface area contributed by atoms with Gasteiger partial charge in [0.2, 0.25) is 15.9 Å². The molecule has 5 nitrogen and oxygen atoms in total. The molecule has 0 aromatic heterocycles. The van der Waals surface area contributed by atoms with Gasteiger partial charge in [0.1, 0.15) is 5.82 Å². The standard InChI is InChI=1S/C21H27FN2O3S/c1-4-17-7-9-18(10-8-17)16(2)23-21(25)6-5-15-24(28(3,26)27)20-13-11-19(22)12-14-20/h7-14,16H,4-6,15H2,1-3H3,(H,23,25). The van der Waals surface area contributed by atoms with Gasteiger partial charge in [-0.15, -0.1) is 0 Å². The van der Waals surface area contributed by atoms with Crippen molar-refractivity contribution >= 4 is 21.6 Å². The molecule has 1 amide bonds. The Morgan fingerprint density at radius 2 is 1.71 bits per heavy atom. The summed E-state index contributed by atoms with van der Waals surface area (Å²) in [5, 5.41) is 2.94. The average molecular weight is 407 g/mol. The number of benzene rings is 2. The summed E-state index contributed by atoms with van der Waals surface area (Å²) in [7, 11) is -3.52. The zero-order valence-corrected chi connectivity index (χ0v) is 17.3. The van der Waals surface area contributed by atoms with Gasteiger partial charge in [0.25, 0.3) is 0 Å². The third-order valence-corrected chi connectivity index (χ3v) is 5.74. The topological polar surface area (TPSA) is 66.5 Å². The van der Waals surface area contributed by atoms with Gasteiger partial charge in [-0.25, -0.2) is 12.8 Å². The number of hydrogen-bond acceptors (Lipinski definition) is 3. The van der Waals surface area contributed by atoms with E-state index < -0.39 is 15.8 Å². The Kier molecular flexibility index (Phi) is 7.57. The van der Waals surface area contributed by atoms with E-state index in [4.69, 9.17) is 0 Å². The first-order valence-electron chi connectivity index (χ1n) is 9.32. The van der Waals surface area contributed by atoms with Gasteiger partial charge >= 0.3 is 0 Å². The van der Waals surface area contributed by atoms with Gasteiger partial charge in [0.15, 0.2) is 0 Å². The highest BCUT2D eigenvalue weighted by atomic mass is 32.2. The zero-order valence-electron chi connectivity index (χ0n) is 16.5. The predicted octanol–water partition coefficient (Wildman–Crippen LogP) is 3.81. The highest BCUT2D eigenvalue weighted by Crippen LogP contribution is 2.19. The van der Waals surface area contributed by atoms with Crippen LogP contribution >= 0.6 is 0 Å². The fourth-order valence-electron chi connectivity index (χ4n) is 2.92. The third-order valence-electron chi connectivity index (χ3n) is 4.55. The number of halogens is 1. The molecule has 0 fully saturated rings. The Balaban J connectivity index is 1.90. The summed E-state index contributed by atoms with van der Waals surface area (Å²) >= 11 is 0. The lowest BCUT2D eigenvalue weighted by Gasteiger charge is -2.22. The van der Waals surface area contributed by atoms with Gasteiger partial charge in [-0.05, 0) is 55.2 Å². The quantitative estimate of drug-likeness (QED) is 0.689. The first-order valence-corrected chi connectivity index (χ1v) is 11.2. The molecule has 0 bridgehead atoms. The monoisotopic (exact) mass is 406 g/mol. The molecule has 0 heterocycles. The molecule has 0 aliphatic rings. The maximum atomic E-state index is 13.1. The van der Waals surface area contributed by atoms with E-state index in [0.717, 1.165) is 18.2 Å². The molecule has 2 aromatic rings. The Bertz CT molecular complexity index is 881. The second-order valence-corrected chi connectivity index (χ2v) is 8.71. The Morgan fingerprint density at radius 1 is 1.11 bits per heavy atom. The Hall–Kier alpha value is -2.41. The number of rotatable bonds is 9. The molecule has 2 rings (SSSR count). The first-order chi connectivity index (χ1) is 13.2. The summed E-state index contributed by atoms with van der Waals surface area (Å²) in [5.41, 5.74) is 2.65. The molecule has 0 radical (unpaired) electrons. The molecule has 0 spiro atoms. The van der Waals surface area contributed by atoms with Crippen molar-refractivity contribution in [2.24, 2.45) is 0 Å². The van der Waals surface area contributed by atoms with Crippen LogP contribution in [0.2, 0.25) is 0 Å². The zero-order chi connectivity index (χ0) is 20.7. The lowest BCUT2D eigenvalue weighted by Crippen LogP contribution is -2.32. The van der Waals surface area contributed by atoms with E-state index in [1.807, 2.05) is 31.2 Å². The van der Waals surface area contributed by atoms with Crippen molar-refractivity contribution in [1.29, 1.82) is 0 Å². The lowest BCUT2D eigenvalue weighted by molar-refractivity contribution is -0.121. The van der Waals surface area contributed by atoms with E-state index in [1.54, 1.807) is 0 Å². The third kappa shape index (κ3) is 6.34. The van der Waals surface area contributed by atoms with E-state index in [1.165, 1.54) is 34.1 Å². The highest BCUT2D eigenvalue weighted by Gasteiger charge is 2.18. The number of nitrogens with zero attached hydrogens (tertiary/aromatic N) is 1. The predicted molar refractivity (Wildman–Crippen MR) is 110 cm³/mol. The highest BCUT2D eigenvalue weighted by molar-refractivity contribution is 7.92. The normalized spacial score (nSPS) is 12.4. The fourth-order valence-corrected chi connectivity index (χ4v) is 3.88. The maximum absolute atomic E-state index is 13.1. The van der Waals surface area contributed by atoms with Crippen molar-refractivity contribution in [2.75, 3.05) is 17.1 Å². The van der Waals surface area contributed by atoms with E-state index in [9.17, 15) is 17.6 Å². The van der Waals surface area contributed by atoms with Crippen LogP contribution in [0.15, 0.2) is 48.5 Å². The summed E-state index contributed by atoms with van der Waals surface area (Å²) in [5.74, 6) is -0.572. The SMILES string of the molecule is CCc1ccc(C(C)NC(=O)CCCN(c2ccc(F)cc2)S(C)(=O)=O)cc1. The van der Waals surface area contributed by atoms with Crippen molar-refractivity contribution in [2.45, 2.75) is 39.2 Å². The van der Waals surface area contributed by atoms with E-state index in [0.29, 0.717) is 12.1 Å². The van der Waals surface area contributed by atoms with Crippen molar-refractivity contribution in [3.63, 3.8) is 0 Å². The summed E-state index contributed by atoms with van der Waals surface area (Å²) in [6.07, 6.45) is 2.62. The van der Waals surface area contributed by atoms with Crippen LogP contribution in [0.4, 0.5) is 10.1 Å². The van der Waals surface area contributed by atoms with Crippen molar-refractivity contribution in [3.05, 3.63) is 65.5 Å². The van der Waals surface area contributed by atoms with Crippen LogP contribution in [0.5, 0.6) is 0 Å². The van der Waals surface area contributed by atoms with Crippen LogP contribution in [0.3, 0.4) is 0 Å². The minimum Gasteiger partial charge on any atom is -0.350 e. The van der Waals surface area contributed by atoms with Crippen LogP contribution in [0.25, 0.3) is 0 Å². The summed E-state index contributed by atoms with van der Waals surface area (Å²) in [6, 6.07) is 13.2. The number of aryl methyl sites for hydroxylation is 1. The van der Waals surface area contributed by atoms with Crippen molar-refractivity contribution in [3.8, 4) is 0 Å². The summed E-state index contributed by atoms with van der Waals surface area (Å²) in [6.45, 7) is 4.16. The molecule has 0 aliphatic heterocycles. The maximum Gasteiger partial charge on any atom is 0.232 e. The Labute approximate surface area is 166 Å². The van der Waals surface area contributed by atoms with E-state index in [2.05, 4.69) is 12.2 Å². The van der Waals surface area contributed by atoms with Gasteiger partial charge < -0.3 is 5.32 Å². The molecule has 0 saturated carbocycles. The van der Waals surface area contributed by atoms with Crippen molar-refractivity contribution in [1.82, 2.24) is 5.32 Å². The molecule has 1 atom stereocenters. The number of amides is 1. The molecular weight excluding hydrogens is 379 g/mol. The number of anilines is 1. The molecule has 152 valence electrons. The van der Waals surface area contributed by atoms with Gasteiger partial charge in [-0.1, -0.05) is 31.2 Å². The molecule has 0 saturated heterocycles. The molecule has 0 aliphatic carbocycles. The van der Waals surface area contributed by atoms with Crippen molar-refractivity contribution < 1.29 is 17.6 Å². The number of hydrogen-bond donors (Lipinski definition) is 1. The molecule has 1 unspecified atom stereocenters. The largest absolute Gasteiger partial charge is 0.350 e. The number of carbonyl (C=O) groups is 1. The van der Waals surface area contributed by atoms with Crippen LogP contribution in [0.1, 0.15) is 43.9 Å². The van der Waals surface area contributed by atoms with E-state index >= 15 is 0 Å². The van der Waals surface area contributed by atoms with Crippen LogP contribution in [-0.4, -0.2) is 27.1 Å². The van der Waals surface area contributed by atoms with Crippen LogP contribution in [0, 0.1) is 5.82 Å². The van der Waals surface area contributed by atoms with Gasteiger partial charge in [-0.3, -0.25) is 9.10 Å². The van der Waals surface area contributed by atoms with E-state index in [-0.39, 0.29) is 24.9 Å². The molecule has 1 N–H and O–H groups in total. The average Bonchev–Trinajstić information content (AvgIpc) is 2.65. The molecule has 2 aromatic carbocycles. The number of sulfonamides is 1. The lowest BCUT2D eigenvalue weighted by atomic mass is 10.0. The molecule has 28 heavy (non-hydrogen) atoms. The molecule has 7 heteroatoms. The minimum absolute atomic E-state index is 0.124. The smallest absolute Gasteiger partial charge is 0.232 e. The number of carbonyl (C=O) groups excluding carboxylic acids is 1. The Morgan fingerprint density at radius 3 is 2.25 bits per heavy atom. The van der Waals surface area contributed by atoms with Gasteiger partial charge in [0.05, 0.1) is 18.0 Å². The number of nitrogens with one attached hydrogen (secondary N) is 1. The minimum atomic E-state index is -3.52. The van der Waals surface area contributed by atoms with Crippen LogP contribution < -0.4 is 9.62 Å². The van der Waals surface area contributed by atoms with Crippen LogP contribution in [-0.2, 0) is 21.2 Å². The van der Waals surface area contributed by atoms with Gasteiger partial charge in [0, 0.05) is 13.0 Å². The first kappa shape index (κ1) is 21.9. The second-order valence-electron chi connectivity index (χ2n) is 6.80. The van der Waals surface area contributed by atoms with Gasteiger partial charge in [-0.2, -0.15) is 0 Å². The summed E-state index contributed by atoms with van der Waals surface area (Å²) < 4.78 is 38.4.